The van der Waals surface area contributed by atoms with Gasteiger partial charge in [0.2, 0.25) is 0 Å². The monoisotopic (exact) mass is 483 g/mol. The van der Waals surface area contributed by atoms with E-state index >= 15 is 0 Å². The van der Waals surface area contributed by atoms with Crippen molar-refractivity contribution in [1.82, 2.24) is 4.98 Å². The van der Waals surface area contributed by atoms with Gasteiger partial charge in [-0.1, -0.05) is 18.2 Å². The lowest BCUT2D eigenvalue weighted by atomic mass is 10.0. The maximum atomic E-state index is 13.0. The van der Waals surface area contributed by atoms with E-state index in [0.717, 1.165) is 41.0 Å². The van der Waals surface area contributed by atoms with Crippen LogP contribution in [0.1, 0.15) is 32.8 Å². The number of carbonyl (C=O) groups excluding carboxylic acids is 2. The van der Waals surface area contributed by atoms with Gasteiger partial charge in [0.05, 0.1) is 29.4 Å². The summed E-state index contributed by atoms with van der Waals surface area (Å²) >= 11 is 1.42. The van der Waals surface area contributed by atoms with E-state index in [1.54, 1.807) is 19.2 Å². The molecule has 7 nitrogen and oxygen atoms in total. The summed E-state index contributed by atoms with van der Waals surface area (Å²) < 4.78 is 10.6. The normalized spacial score (nSPS) is 12.1. The molecule has 4 aromatic rings. The number of ether oxygens (including phenoxy) is 2. The number of nitriles is 1. The molecular weight excluding hydrogens is 462 g/mol. The molecule has 0 aliphatic heterocycles. The van der Waals surface area contributed by atoms with Crippen LogP contribution in [0, 0.1) is 11.3 Å². The van der Waals surface area contributed by atoms with Crippen molar-refractivity contribution >= 4 is 39.1 Å². The number of nitrogens with one attached hydrogen (secondary N) is 1. The maximum Gasteiger partial charge on any atom is 0.339 e. The van der Waals surface area contributed by atoms with Gasteiger partial charge >= 0.3 is 5.97 Å². The molecule has 0 spiro atoms. The fourth-order valence-electron chi connectivity index (χ4n) is 4.24. The van der Waals surface area contributed by atoms with E-state index in [2.05, 4.69) is 16.4 Å². The molecule has 2 heterocycles. The highest BCUT2D eigenvalue weighted by atomic mass is 32.1. The molecule has 1 aliphatic carbocycles. The molecule has 0 radical (unpaired) electrons. The Balaban J connectivity index is 1.36. The predicted octanol–water partition coefficient (Wildman–Crippen LogP) is 5.13. The number of amides is 1. The van der Waals surface area contributed by atoms with Crippen molar-refractivity contribution in [2.24, 2.45) is 0 Å². The number of benzene rings is 2. The quantitative estimate of drug-likeness (QED) is 0.382. The molecule has 0 saturated carbocycles. The van der Waals surface area contributed by atoms with Crippen LogP contribution in [0.3, 0.4) is 0 Å². The van der Waals surface area contributed by atoms with Crippen LogP contribution in [0.5, 0.6) is 5.75 Å². The standard InChI is InChI=1S/C27H21N3O4S/c1-33-17-11-9-16(10-12-17)23-13-20(18-5-2-3-7-22(18)29-23)27(32)34-15-25(31)30-26-21(14-28)19-6-4-8-24(19)35-26/h2-3,5,7,9-13H,4,6,8,15H2,1H3,(H,30,31). The third-order valence-electron chi connectivity index (χ3n) is 5.94. The maximum absolute atomic E-state index is 13.0. The summed E-state index contributed by atoms with van der Waals surface area (Å²) in [5, 5.41) is 13.4. The summed E-state index contributed by atoms with van der Waals surface area (Å²) in [6.45, 7) is -0.458. The number of anilines is 1. The molecule has 0 fully saturated rings. The Morgan fingerprint density at radius 3 is 2.71 bits per heavy atom. The lowest BCUT2D eigenvalue weighted by Crippen LogP contribution is -2.21. The molecule has 0 bridgehead atoms. The molecule has 1 aliphatic rings. The summed E-state index contributed by atoms with van der Waals surface area (Å²) in [6.07, 6.45) is 2.80. The Labute approximate surface area is 205 Å². The van der Waals surface area contributed by atoms with Crippen molar-refractivity contribution in [3.63, 3.8) is 0 Å². The van der Waals surface area contributed by atoms with Crippen molar-refractivity contribution in [1.29, 1.82) is 5.26 Å². The van der Waals surface area contributed by atoms with E-state index < -0.39 is 18.5 Å². The smallest absolute Gasteiger partial charge is 0.339 e. The van der Waals surface area contributed by atoms with Crippen LogP contribution in [-0.2, 0) is 22.4 Å². The first kappa shape index (κ1) is 22.6. The van der Waals surface area contributed by atoms with E-state index in [0.29, 0.717) is 32.7 Å². The van der Waals surface area contributed by atoms with Gasteiger partial charge < -0.3 is 14.8 Å². The summed E-state index contributed by atoms with van der Waals surface area (Å²) in [6, 6.07) is 18.5. The highest BCUT2D eigenvalue weighted by molar-refractivity contribution is 7.16. The fourth-order valence-corrected chi connectivity index (χ4v) is 5.49. The summed E-state index contributed by atoms with van der Waals surface area (Å²) in [4.78, 5) is 31.4. The molecule has 35 heavy (non-hydrogen) atoms. The molecule has 1 amide bonds. The highest BCUT2D eigenvalue weighted by Crippen LogP contribution is 2.38. The SMILES string of the molecule is COc1ccc(-c2cc(C(=O)OCC(=O)Nc3sc4c(c3C#N)CCC4)c3ccccc3n2)cc1. The molecular formula is C27H21N3O4S. The molecule has 0 saturated heterocycles. The van der Waals surface area contributed by atoms with Crippen molar-refractivity contribution < 1.29 is 19.1 Å². The van der Waals surface area contributed by atoms with E-state index in [9.17, 15) is 14.9 Å². The van der Waals surface area contributed by atoms with Crippen LogP contribution < -0.4 is 10.1 Å². The molecule has 2 aromatic carbocycles. The Morgan fingerprint density at radius 2 is 1.94 bits per heavy atom. The van der Waals surface area contributed by atoms with Crippen LogP contribution >= 0.6 is 11.3 Å². The van der Waals surface area contributed by atoms with Crippen molar-refractivity contribution in [3.05, 3.63) is 76.2 Å². The number of para-hydroxylation sites is 1. The first-order valence-corrected chi connectivity index (χ1v) is 11.9. The topological polar surface area (TPSA) is 101 Å². The van der Waals surface area contributed by atoms with E-state index in [1.165, 1.54) is 11.3 Å². The second-order valence-electron chi connectivity index (χ2n) is 8.10. The van der Waals surface area contributed by atoms with Crippen LogP contribution in [0.25, 0.3) is 22.2 Å². The third kappa shape index (κ3) is 4.46. The van der Waals surface area contributed by atoms with E-state index in [1.807, 2.05) is 42.5 Å². The minimum atomic E-state index is -0.623. The lowest BCUT2D eigenvalue weighted by molar-refractivity contribution is -0.119. The predicted molar refractivity (Wildman–Crippen MR) is 134 cm³/mol. The van der Waals surface area contributed by atoms with E-state index in [-0.39, 0.29) is 0 Å². The van der Waals surface area contributed by atoms with Crippen LogP contribution in [-0.4, -0.2) is 30.6 Å². The summed E-state index contributed by atoms with van der Waals surface area (Å²) in [7, 11) is 1.60. The Kier molecular flexibility index (Phi) is 6.17. The second kappa shape index (κ2) is 9.57. The van der Waals surface area contributed by atoms with Crippen molar-refractivity contribution in [2.75, 3.05) is 19.0 Å². The average molecular weight is 484 g/mol. The summed E-state index contributed by atoms with van der Waals surface area (Å²) in [5.74, 6) is -0.387. The van der Waals surface area contributed by atoms with E-state index in [4.69, 9.17) is 9.47 Å². The van der Waals surface area contributed by atoms with Gasteiger partial charge in [0.25, 0.3) is 5.91 Å². The Bertz CT molecular complexity index is 1490. The minimum Gasteiger partial charge on any atom is -0.497 e. The first-order valence-electron chi connectivity index (χ1n) is 11.1. The number of pyridine rings is 1. The number of thiophene rings is 1. The Hall–Kier alpha value is -4.22. The number of carbonyl (C=O) groups is 2. The zero-order valence-corrected chi connectivity index (χ0v) is 19.8. The average Bonchev–Trinajstić information content (AvgIpc) is 3.47. The Morgan fingerprint density at radius 1 is 1.14 bits per heavy atom. The molecule has 174 valence electrons. The highest BCUT2D eigenvalue weighted by Gasteiger charge is 2.23. The van der Waals surface area contributed by atoms with Crippen molar-refractivity contribution in [2.45, 2.75) is 19.3 Å². The number of esters is 1. The van der Waals surface area contributed by atoms with Gasteiger partial charge in [-0.2, -0.15) is 5.26 Å². The van der Waals surface area contributed by atoms with Crippen LogP contribution in [0.4, 0.5) is 5.00 Å². The minimum absolute atomic E-state index is 0.321. The molecule has 5 rings (SSSR count). The fraction of sp³-hybridized carbons (Fsp3) is 0.185. The number of aryl methyl sites for hydroxylation is 1. The number of aromatic nitrogens is 1. The molecule has 2 aromatic heterocycles. The number of nitrogens with zero attached hydrogens (tertiary/aromatic N) is 2. The number of methoxy groups -OCH3 is 1. The zero-order chi connectivity index (χ0) is 24.4. The van der Waals surface area contributed by atoms with Gasteiger partial charge in [-0.3, -0.25) is 4.79 Å². The number of fused-ring (bicyclic) bond motifs is 2. The van der Waals surface area contributed by atoms with Gasteiger partial charge in [0.1, 0.15) is 16.8 Å². The van der Waals surface area contributed by atoms with Gasteiger partial charge in [-0.05, 0) is 61.2 Å². The molecule has 8 heteroatoms. The first-order chi connectivity index (χ1) is 17.1. The van der Waals surface area contributed by atoms with Gasteiger partial charge in [0.15, 0.2) is 6.61 Å². The molecule has 1 N–H and O–H groups in total. The lowest BCUT2D eigenvalue weighted by Gasteiger charge is -2.11. The van der Waals surface area contributed by atoms with Crippen LogP contribution in [0.2, 0.25) is 0 Å². The van der Waals surface area contributed by atoms with Crippen LogP contribution in [0.15, 0.2) is 54.6 Å². The third-order valence-corrected chi connectivity index (χ3v) is 7.15. The number of rotatable bonds is 6. The molecule has 0 atom stereocenters. The number of hydrogen-bond acceptors (Lipinski definition) is 7. The molecule has 0 unspecified atom stereocenters. The second-order valence-corrected chi connectivity index (χ2v) is 9.20. The van der Waals surface area contributed by atoms with Crippen molar-refractivity contribution in [3.8, 4) is 23.1 Å². The largest absolute Gasteiger partial charge is 0.497 e. The number of hydrogen-bond donors (Lipinski definition) is 1. The van der Waals surface area contributed by atoms with Gasteiger partial charge in [-0.15, -0.1) is 11.3 Å². The van der Waals surface area contributed by atoms with Gasteiger partial charge in [-0.25, -0.2) is 9.78 Å². The summed E-state index contributed by atoms with van der Waals surface area (Å²) in [5.41, 5.74) is 3.93. The zero-order valence-electron chi connectivity index (χ0n) is 19.0. The van der Waals surface area contributed by atoms with Gasteiger partial charge in [0, 0.05) is 15.8 Å².